The van der Waals surface area contributed by atoms with Gasteiger partial charge in [-0.1, -0.05) is 19.9 Å². The Labute approximate surface area is 235 Å². The third kappa shape index (κ3) is 7.82. The van der Waals surface area contributed by atoms with Crippen LogP contribution in [-0.4, -0.2) is 72.6 Å². The number of alkyl carbamates (subject to hydrolysis) is 1. The number of ether oxygens (including phenoxy) is 3. The largest absolute Gasteiger partial charge is 0.586 e. The molecule has 4 amide bonds. The standard InChI is InChI=1S/C27H34F2N4O8/c1-15(2)9-20(25(37)31-18(13-34)11-17-7-8-30-24(17)36)32-26(38)39-14-19-4-6-23(35)33(19)12-16-3-5-21-22(10-16)41-27(28,29)40-21/h3,5,10,13,15,17-20H,4,6-9,11-12,14H2,1-2H3,(H,30,36)(H,31,37)(H,32,38)/t17-,18-,19-,20-/m0/s1. The molecule has 1 aromatic rings. The molecule has 14 heteroatoms. The molecule has 12 nitrogen and oxygen atoms in total. The molecule has 3 aliphatic rings. The van der Waals surface area contributed by atoms with Crippen LogP contribution in [0.3, 0.4) is 0 Å². The van der Waals surface area contributed by atoms with E-state index in [4.69, 9.17) is 4.74 Å². The smallest absolute Gasteiger partial charge is 0.447 e. The maximum Gasteiger partial charge on any atom is 0.586 e. The highest BCUT2D eigenvalue weighted by Gasteiger charge is 2.43. The van der Waals surface area contributed by atoms with Crippen molar-refractivity contribution >= 4 is 30.1 Å². The van der Waals surface area contributed by atoms with Crippen LogP contribution >= 0.6 is 0 Å². The molecule has 0 unspecified atom stereocenters. The highest BCUT2D eigenvalue weighted by molar-refractivity contribution is 5.88. The fourth-order valence-corrected chi connectivity index (χ4v) is 5.14. The monoisotopic (exact) mass is 580 g/mol. The molecule has 0 saturated carbocycles. The van der Waals surface area contributed by atoms with Crippen LogP contribution in [0.4, 0.5) is 13.6 Å². The van der Waals surface area contributed by atoms with Crippen LogP contribution in [0.2, 0.25) is 0 Å². The second-order valence-electron chi connectivity index (χ2n) is 10.9. The summed E-state index contributed by atoms with van der Waals surface area (Å²) in [6.07, 6.45) is -2.39. The van der Waals surface area contributed by atoms with Crippen molar-refractivity contribution in [1.29, 1.82) is 0 Å². The Bertz CT molecular complexity index is 1180. The van der Waals surface area contributed by atoms with Gasteiger partial charge >= 0.3 is 12.4 Å². The van der Waals surface area contributed by atoms with E-state index in [1.807, 2.05) is 13.8 Å². The summed E-state index contributed by atoms with van der Waals surface area (Å²) < 4.78 is 40.9. The molecule has 2 fully saturated rings. The maximum atomic E-state index is 13.3. The van der Waals surface area contributed by atoms with Crippen molar-refractivity contribution in [3.63, 3.8) is 0 Å². The maximum absolute atomic E-state index is 13.3. The summed E-state index contributed by atoms with van der Waals surface area (Å²) >= 11 is 0. The summed E-state index contributed by atoms with van der Waals surface area (Å²) in [4.78, 5) is 63.1. The van der Waals surface area contributed by atoms with Crippen LogP contribution < -0.4 is 25.4 Å². The Balaban J connectivity index is 1.31. The molecular formula is C27H34F2N4O8. The zero-order chi connectivity index (χ0) is 29.7. The van der Waals surface area contributed by atoms with Gasteiger partial charge in [0.1, 0.15) is 18.9 Å². The number of hydrogen-bond donors (Lipinski definition) is 3. The van der Waals surface area contributed by atoms with Crippen LogP contribution in [0.25, 0.3) is 0 Å². The highest BCUT2D eigenvalue weighted by atomic mass is 19.3. The zero-order valence-electron chi connectivity index (χ0n) is 22.8. The lowest BCUT2D eigenvalue weighted by molar-refractivity contribution is -0.286. The van der Waals surface area contributed by atoms with E-state index in [0.717, 1.165) is 0 Å². The summed E-state index contributed by atoms with van der Waals surface area (Å²) in [5.41, 5.74) is 0.531. The van der Waals surface area contributed by atoms with Crippen LogP contribution in [0.5, 0.6) is 11.5 Å². The van der Waals surface area contributed by atoms with Crippen molar-refractivity contribution < 1.29 is 47.0 Å². The number of carbonyl (C=O) groups is 5. The molecule has 41 heavy (non-hydrogen) atoms. The van der Waals surface area contributed by atoms with Gasteiger partial charge in [0.2, 0.25) is 17.7 Å². The highest BCUT2D eigenvalue weighted by Crippen LogP contribution is 2.41. The number of hydrogen-bond acceptors (Lipinski definition) is 8. The lowest BCUT2D eigenvalue weighted by Crippen LogP contribution is -2.51. The number of fused-ring (bicyclic) bond motifs is 1. The second kappa shape index (κ2) is 12.7. The van der Waals surface area contributed by atoms with E-state index >= 15 is 0 Å². The van der Waals surface area contributed by atoms with Gasteiger partial charge in [-0.25, -0.2) is 4.79 Å². The van der Waals surface area contributed by atoms with E-state index in [1.54, 1.807) is 6.07 Å². The van der Waals surface area contributed by atoms with E-state index in [2.05, 4.69) is 25.4 Å². The number of benzene rings is 1. The van der Waals surface area contributed by atoms with Gasteiger partial charge in [-0.15, -0.1) is 8.78 Å². The normalized spacial score (nSPS) is 22.3. The van der Waals surface area contributed by atoms with E-state index in [9.17, 15) is 32.8 Å². The Morgan fingerprint density at radius 1 is 1.20 bits per heavy atom. The number of nitrogens with one attached hydrogen (secondary N) is 3. The van der Waals surface area contributed by atoms with Crippen molar-refractivity contribution in [3.05, 3.63) is 23.8 Å². The number of carbonyl (C=O) groups excluding carboxylic acids is 5. The lowest BCUT2D eigenvalue weighted by Gasteiger charge is -2.26. The molecule has 0 bridgehead atoms. The zero-order valence-corrected chi connectivity index (χ0v) is 22.8. The Hall–Kier alpha value is -3.97. The van der Waals surface area contributed by atoms with E-state index in [-0.39, 0.29) is 67.6 Å². The number of rotatable bonds is 12. The summed E-state index contributed by atoms with van der Waals surface area (Å²) in [5, 5.41) is 7.84. The summed E-state index contributed by atoms with van der Waals surface area (Å²) in [5.74, 6) is -1.51. The van der Waals surface area contributed by atoms with Crippen LogP contribution in [0.15, 0.2) is 18.2 Å². The molecule has 4 atom stereocenters. The van der Waals surface area contributed by atoms with Crippen molar-refractivity contribution in [2.75, 3.05) is 13.2 Å². The van der Waals surface area contributed by atoms with E-state index in [0.29, 0.717) is 31.2 Å². The first-order chi connectivity index (χ1) is 19.4. The van der Waals surface area contributed by atoms with Gasteiger partial charge in [-0.3, -0.25) is 14.4 Å². The van der Waals surface area contributed by atoms with Crippen molar-refractivity contribution in [2.24, 2.45) is 11.8 Å². The van der Waals surface area contributed by atoms with Gasteiger partial charge in [-0.05, 0) is 49.3 Å². The predicted octanol–water partition coefficient (Wildman–Crippen LogP) is 1.85. The Morgan fingerprint density at radius 2 is 1.95 bits per heavy atom. The van der Waals surface area contributed by atoms with Crippen LogP contribution in [0.1, 0.15) is 51.5 Å². The van der Waals surface area contributed by atoms with Gasteiger partial charge in [-0.2, -0.15) is 0 Å². The van der Waals surface area contributed by atoms with Crippen molar-refractivity contribution in [1.82, 2.24) is 20.9 Å². The molecule has 0 radical (unpaired) electrons. The lowest BCUT2D eigenvalue weighted by atomic mass is 9.98. The number of nitrogens with zero attached hydrogens (tertiary/aromatic N) is 1. The van der Waals surface area contributed by atoms with Crippen molar-refractivity contribution in [2.45, 2.75) is 76.9 Å². The minimum Gasteiger partial charge on any atom is -0.447 e. The minimum atomic E-state index is -3.75. The first kappa shape index (κ1) is 30.0. The van der Waals surface area contributed by atoms with Crippen molar-refractivity contribution in [3.8, 4) is 11.5 Å². The molecular weight excluding hydrogens is 546 g/mol. The molecule has 0 aromatic heterocycles. The quantitative estimate of drug-likeness (QED) is 0.317. The average Bonchev–Trinajstić information content (AvgIpc) is 3.56. The first-order valence-electron chi connectivity index (χ1n) is 13.6. The van der Waals surface area contributed by atoms with Crippen LogP contribution in [-0.2, 0) is 30.5 Å². The molecule has 3 N–H and O–H groups in total. The number of halogens is 2. The fourth-order valence-electron chi connectivity index (χ4n) is 5.14. The van der Waals surface area contributed by atoms with Gasteiger partial charge in [0, 0.05) is 25.4 Å². The van der Waals surface area contributed by atoms with Gasteiger partial charge in [0.25, 0.3) is 0 Å². The minimum absolute atomic E-state index is 0.0194. The average molecular weight is 581 g/mol. The molecule has 3 aliphatic heterocycles. The Kier molecular flexibility index (Phi) is 9.28. The first-order valence-corrected chi connectivity index (χ1v) is 13.6. The molecule has 4 rings (SSSR count). The van der Waals surface area contributed by atoms with E-state index in [1.165, 1.54) is 17.0 Å². The number of likely N-dealkylation sites (tertiary alicyclic amines) is 1. The molecule has 3 heterocycles. The van der Waals surface area contributed by atoms with Gasteiger partial charge in [0.15, 0.2) is 11.5 Å². The number of alkyl halides is 2. The third-order valence-electron chi connectivity index (χ3n) is 7.19. The summed E-state index contributed by atoms with van der Waals surface area (Å²) in [7, 11) is 0. The number of amides is 4. The third-order valence-corrected chi connectivity index (χ3v) is 7.19. The predicted molar refractivity (Wildman–Crippen MR) is 138 cm³/mol. The van der Waals surface area contributed by atoms with E-state index < -0.39 is 36.4 Å². The van der Waals surface area contributed by atoms with Crippen LogP contribution in [0, 0.1) is 11.8 Å². The topological polar surface area (TPSA) is 152 Å². The molecule has 0 aliphatic carbocycles. The Morgan fingerprint density at radius 3 is 2.63 bits per heavy atom. The van der Waals surface area contributed by atoms with Gasteiger partial charge < -0.3 is 39.9 Å². The molecule has 0 spiro atoms. The SMILES string of the molecule is CC(C)C[C@H](NC(=O)OC[C@@H]1CCC(=O)N1Cc1ccc2c(c1)OC(F)(F)O2)C(=O)N[C@H](C=O)C[C@@H]1CCNC1=O. The summed E-state index contributed by atoms with van der Waals surface area (Å²) in [6.45, 7) is 4.19. The molecule has 224 valence electrons. The number of aldehydes is 1. The summed E-state index contributed by atoms with van der Waals surface area (Å²) in [6, 6.07) is 1.91. The fraction of sp³-hybridized carbons (Fsp3) is 0.593. The van der Waals surface area contributed by atoms with Gasteiger partial charge in [0.05, 0.1) is 12.1 Å². The second-order valence-corrected chi connectivity index (χ2v) is 10.9. The molecule has 1 aromatic carbocycles. The molecule has 2 saturated heterocycles.